The summed E-state index contributed by atoms with van der Waals surface area (Å²) in [6.45, 7) is 7.51. The minimum atomic E-state index is -5.08. The quantitative estimate of drug-likeness (QED) is 0.677. The molecular formula is C23H31F3N4O4. The van der Waals surface area contributed by atoms with Crippen molar-refractivity contribution < 1.29 is 32.6 Å². The summed E-state index contributed by atoms with van der Waals surface area (Å²) in [4.78, 5) is 30.7. The van der Waals surface area contributed by atoms with Crippen molar-refractivity contribution in [2.75, 3.05) is 20.7 Å². The zero-order valence-electron chi connectivity index (χ0n) is 19.8. The number of benzene rings is 1. The van der Waals surface area contributed by atoms with Gasteiger partial charge < -0.3 is 19.3 Å². The molecule has 8 nitrogen and oxygen atoms in total. The average Bonchev–Trinajstić information content (AvgIpc) is 3.01. The molecule has 1 N–H and O–H groups in total. The van der Waals surface area contributed by atoms with Crippen LogP contribution in [0.5, 0.6) is 5.75 Å². The van der Waals surface area contributed by atoms with Gasteiger partial charge in [0.1, 0.15) is 5.75 Å². The number of ether oxygens (including phenoxy) is 1. The molecular weight excluding hydrogens is 453 g/mol. The number of alkyl halides is 3. The number of aromatic nitrogens is 2. The first-order valence-electron chi connectivity index (χ1n) is 10.9. The molecule has 1 aromatic carbocycles. The maximum atomic E-state index is 12.9. The van der Waals surface area contributed by atoms with Crippen LogP contribution in [0.1, 0.15) is 37.2 Å². The second-order valence-electron chi connectivity index (χ2n) is 8.34. The third-order valence-corrected chi connectivity index (χ3v) is 5.59. The van der Waals surface area contributed by atoms with Crippen LogP contribution in [0.2, 0.25) is 0 Å². The summed E-state index contributed by atoms with van der Waals surface area (Å²) in [7, 11) is 3.76. The second kappa shape index (κ2) is 11.9. The molecule has 188 valence electrons. The number of hydrogen-bond acceptors (Lipinski definition) is 5. The molecule has 1 amide bonds. The molecule has 0 bridgehead atoms. The number of halogens is 3. The molecule has 2 aromatic rings. The Bertz CT molecular complexity index is 958. The zero-order chi connectivity index (χ0) is 25.5. The van der Waals surface area contributed by atoms with Gasteiger partial charge in [-0.2, -0.15) is 13.2 Å². The van der Waals surface area contributed by atoms with Crippen LogP contribution in [-0.2, 0) is 35.6 Å². The monoisotopic (exact) mass is 484 g/mol. The molecule has 1 aromatic heterocycles. The summed E-state index contributed by atoms with van der Waals surface area (Å²) >= 11 is 0. The lowest BCUT2D eigenvalue weighted by Gasteiger charge is -2.23. The fourth-order valence-electron chi connectivity index (χ4n) is 3.31. The lowest BCUT2D eigenvalue weighted by Crippen LogP contribution is -2.33. The molecule has 2 heterocycles. The van der Waals surface area contributed by atoms with Crippen LogP contribution in [0.3, 0.4) is 0 Å². The molecule has 34 heavy (non-hydrogen) atoms. The zero-order valence-corrected chi connectivity index (χ0v) is 19.8. The molecule has 0 saturated carbocycles. The minimum Gasteiger partial charge on any atom is -0.497 e. The second-order valence-corrected chi connectivity index (χ2v) is 8.34. The first-order chi connectivity index (χ1) is 15.9. The predicted octanol–water partition coefficient (Wildman–Crippen LogP) is 3.34. The van der Waals surface area contributed by atoms with E-state index in [9.17, 15) is 18.0 Å². The van der Waals surface area contributed by atoms with Crippen LogP contribution < -0.4 is 4.74 Å². The Kier molecular flexibility index (Phi) is 9.48. The summed E-state index contributed by atoms with van der Waals surface area (Å²) in [6.07, 6.45) is -1.78. The van der Waals surface area contributed by atoms with Crippen molar-refractivity contribution in [3.8, 4) is 5.75 Å². The van der Waals surface area contributed by atoms with E-state index in [4.69, 9.17) is 14.6 Å². The van der Waals surface area contributed by atoms with Crippen molar-refractivity contribution in [2.45, 2.75) is 58.5 Å². The lowest BCUT2D eigenvalue weighted by atomic mass is 10.1. The molecule has 3 rings (SSSR count). The number of carboxylic acid groups (broad SMARTS) is 1. The number of nitrogens with zero attached hydrogens (tertiary/aromatic N) is 4. The topological polar surface area (TPSA) is 87.9 Å². The van der Waals surface area contributed by atoms with Crippen LogP contribution in [0.25, 0.3) is 0 Å². The van der Waals surface area contributed by atoms with E-state index in [-0.39, 0.29) is 5.91 Å². The predicted molar refractivity (Wildman–Crippen MR) is 119 cm³/mol. The van der Waals surface area contributed by atoms with Gasteiger partial charge in [-0.3, -0.25) is 9.69 Å². The fourth-order valence-corrected chi connectivity index (χ4v) is 3.31. The van der Waals surface area contributed by atoms with Gasteiger partial charge in [0.25, 0.3) is 0 Å². The van der Waals surface area contributed by atoms with Crippen LogP contribution in [0.15, 0.2) is 30.6 Å². The Labute approximate surface area is 196 Å². The summed E-state index contributed by atoms with van der Waals surface area (Å²) in [6, 6.07) is 8.18. The molecule has 1 aliphatic heterocycles. The lowest BCUT2D eigenvalue weighted by molar-refractivity contribution is -0.192. The highest BCUT2D eigenvalue weighted by molar-refractivity contribution is 5.78. The standard InChI is InChI=1S/C21H30N4O2.C2HF3O2/c1-16(2)23(3)13-19-20-14-24(10-5-11-25(20)15-22-19)21(26)12-17-6-8-18(27-4)9-7-17;3-2(4,5)1(6)7/h6-9,15-16H,5,10-14H2,1-4H3;(H,6,7). The van der Waals surface area contributed by atoms with Crippen molar-refractivity contribution in [1.82, 2.24) is 19.4 Å². The summed E-state index contributed by atoms with van der Waals surface area (Å²) < 4.78 is 39.1. The molecule has 0 fully saturated rings. The van der Waals surface area contributed by atoms with Crippen molar-refractivity contribution in [1.29, 1.82) is 0 Å². The first-order valence-corrected chi connectivity index (χ1v) is 10.9. The maximum Gasteiger partial charge on any atom is 0.490 e. The van der Waals surface area contributed by atoms with Gasteiger partial charge in [-0.25, -0.2) is 9.78 Å². The third-order valence-electron chi connectivity index (χ3n) is 5.59. The molecule has 1 aliphatic rings. The number of imidazole rings is 1. The summed E-state index contributed by atoms with van der Waals surface area (Å²) in [5.41, 5.74) is 3.26. The van der Waals surface area contributed by atoms with Crippen LogP contribution in [0.4, 0.5) is 13.2 Å². The van der Waals surface area contributed by atoms with E-state index in [0.29, 0.717) is 19.0 Å². The van der Waals surface area contributed by atoms with Gasteiger partial charge >= 0.3 is 12.1 Å². The van der Waals surface area contributed by atoms with Crippen molar-refractivity contribution in [3.63, 3.8) is 0 Å². The summed E-state index contributed by atoms with van der Waals surface area (Å²) in [5, 5.41) is 7.12. The highest BCUT2D eigenvalue weighted by atomic mass is 19.4. The van der Waals surface area contributed by atoms with E-state index in [0.717, 1.165) is 43.1 Å². The van der Waals surface area contributed by atoms with E-state index in [1.54, 1.807) is 7.11 Å². The van der Waals surface area contributed by atoms with Crippen LogP contribution in [-0.4, -0.2) is 69.3 Å². The van der Waals surface area contributed by atoms with Gasteiger partial charge in [0, 0.05) is 25.7 Å². The number of fused-ring (bicyclic) bond motifs is 1. The van der Waals surface area contributed by atoms with Gasteiger partial charge in [0.2, 0.25) is 5.91 Å². The average molecular weight is 485 g/mol. The molecule has 0 saturated heterocycles. The number of aryl methyl sites for hydroxylation is 1. The van der Waals surface area contributed by atoms with E-state index in [1.165, 1.54) is 5.69 Å². The Morgan fingerprint density at radius 1 is 1.21 bits per heavy atom. The number of amides is 1. The van der Waals surface area contributed by atoms with Gasteiger partial charge in [0.15, 0.2) is 0 Å². The minimum absolute atomic E-state index is 0.165. The van der Waals surface area contributed by atoms with Crippen molar-refractivity contribution >= 4 is 11.9 Å². The van der Waals surface area contributed by atoms with E-state index in [2.05, 4.69) is 35.3 Å². The Morgan fingerprint density at radius 3 is 2.35 bits per heavy atom. The summed E-state index contributed by atoms with van der Waals surface area (Å²) in [5.74, 6) is -1.78. The Hall–Kier alpha value is -3.08. The molecule has 0 spiro atoms. The maximum absolute atomic E-state index is 12.9. The van der Waals surface area contributed by atoms with Gasteiger partial charge in [0.05, 0.1) is 37.8 Å². The normalized spacial score (nSPS) is 13.7. The van der Waals surface area contributed by atoms with Gasteiger partial charge in [-0.15, -0.1) is 0 Å². The Balaban J connectivity index is 0.000000509. The number of methoxy groups -OCH3 is 1. The van der Waals surface area contributed by atoms with Crippen LogP contribution in [0, 0.1) is 0 Å². The number of hydrogen-bond donors (Lipinski definition) is 1. The first kappa shape index (κ1) is 27.2. The Morgan fingerprint density at radius 2 is 1.82 bits per heavy atom. The van der Waals surface area contributed by atoms with Crippen molar-refractivity contribution in [3.05, 3.63) is 47.5 Å². The third kappa shape index (κ3) is 7.75. The highest BCUT2D eigenvalue weighted by Gasteiger charge is 2.38. The van der Waals surface area contributed by atoms with Gasteiger partial charge in [-0.05, 0) is 45.0 Å². The fraction of sp³-hybridized carbons (Fsp3) is 0.522. The molecule has 0 aliphatic carbocycles. The smallest absolute Gasteiger partial charge is 0.490 e. The molecule has 11 heteroatoms. The van der Waals surface area contributed by atoms with Crippen LogP contribution >= 0.6 is 0 Å². The SMILES string of the molecule is COc1ccc(CC(=O)N2CCCn3cnc(CN(C)C(C)C)c3C2)cc1.O=C(O)C(F)(F)F. The molecule has 0 atom stereocenters. The molecule has 0 unspecified atom stereocenters. The van der Waals surface area contributed by atoms with E-state index >= 15 is 0 Å². The highest BCUT2D eigenvalue weighted by Crippen LogP contribution is 2.20. The van der Waals surface area contributed by atoms with Gasteiger partial charge in [-0.1, -0.05) is 12.1 Å². The number of carboxylic acids is 1. The molecule has 0 radical (unpaired) electrons. The number of rotatable bonds is 6. The number of carbonyl (C=O) groups excluding carboxylic acids is 1. The number of aliphatic carboxylic acids is 1. The number of carbonyl (C=O) groups is 2. The van der Waals surface area contributed by atoms with Crippen molar-refractivity contribution in [2.24, 2.45) is 0 Å². The van der Waals surface area contributed by atoms with E-state index in [1.807, 2.05) is 35.5 Å². The largest absolute Gasteiger partial charge is 0.497 e. The van der Waals surface area contributed by atoms with E-state index < -0.39 is 12.1 Å².